The van der Waals surface area contributed by atoms with E-state index in [0.29, 0.717) is 23.1 Å². The number of benzene rings is 2. The van der Waals surface area contributed by atoms with Crippen LogP contribution in [0.4, 0.5) is 10.5 Å². The van der Waals surface area contributed by atoms with Gasteiger partial charge >= 0.3 is 0 Å². The van der Waals surface area contributed by atoms with Crippen molar-refractivity contribution in [2.45, 2.75) is 27.7 Å². The van der Waals surface area contributed by atoms with Crippen molar-refractivity contribution in [1.82, 2.24) is 4.90 Å². The molecule has 1 aliphatic rings. The Labute approximate surface area is 186 Å². The quantitative estimate of drug-likeness (QED) is 0.615. The minimum absolute atomic E-state index is 0.292. The summed E-state index contributed by atoms with van der Waals surface area (Å²) >= 11 is 0.835. The molecule has 0 spiro atoms. The molecule has 2 aromatic carbocycles. The number of imide groups is 1. The SMILES string of the molecule is Cc1cc(C)cc(NC(=O)CN2C(=O)S/C(=C\c3ccc(OCC(C)C)cc3)C2=O)c1. The lowest BCUT2D eigenvalue weighted by Crippen LogP contribution is -2.36. The van der Waals surface area contributed by atoms with Crippen LogP contribution in [0, 0.1) is 19.8 Å². The Morgan fingerprint density at radius 2 is 1.74 bits per heavy atom. The lowest BCUT2D eigenvalue weighted by molar-refractivity contribution is -0.127. The van der Waals surface area contributed by atoms with Gasteiger partial charge in [0.15, 0.2) is 0 Å². The zero-order chi connectivity index (χ0) is 22.5. The molecular weight excluding hydrogens is 412 g/mol. The van der Waals surface area contributed by atoms with E-state index in [1.807, 2.05) is 56.3 Å². The second-order valence-electron chi connectivity index (χ2n) is 7.97. The summed E-state index contributed by atoms with van der Waals surface area (Å²) in [6.07, 6.45) is 1.65. The van der Waals surface area contributed by atoms with Gasteiger partial charge in [-0.2, -0.15) is 0 Å². The van der Waals surface area contributed by atoms with Gasteiger partial charge in [0.1, 0.15) is 12.3 Å². The molecule has 0 atom stereocenters. The third kappa shape index (κ3) is 6.21. The number of amides is 3. The molecule has 0 unspecified atom stereocenters. The molecule has 3 amide bonds. The molecule has 2 aromatic rings. The number of nitrogens with zero attached hydrogens (tertiary/aromatic N) is 1. The second kappa shape index (κ2) is 9.83. The van der Waals surface area contributed by atoms with E-state index < -0.39 is 17.1 Å². The van der Waals surface area contributed by atoms with Crippen LogP contribution in [-0.2, 0) is 9.59 Å². The topological polar surface area (TPSA) is 75.7 Å². The van der Waals surface area contributed by atoms with Gasteiger partial charge in [-0.25, -0.2) is 0 Å². The van der Waals surface area contributed by atoms with E-state index in [1.54, 1.807) is 6.08 Å². The predicted molar refractivity (Wildman–Crippen MR) is 124 cm³/mol. The minimum atomic E-state index is -0.467. The van der Waals surface area contributed by atoms with Crippen LogP contribution < -0.4 is 10.1 Å². The Hall–Kier alpha value is -3.06. The van der Waals surface area contributed by atoms with Crippen molar-refractivity contribution >= 4 is 40.6 Å². The maximum absolute atomic E-state index is 12.7. The van der Waals surface area contributed by atoms with Crippen LogP contribution >= 0.6 is 11.8 Å². The molecule has 3 rings (SSSR count). The highest BCUT2D eigenvalue weighted by Gasteiger charge is 2.36. The van der Waals surface area contributed by atoms with Gasteiger partial charge in [0.2, 0.25) is 5.91 Å². The minimum Gasteiger partial charge on any atom is -0.493 e. The van der Waals surface area contributed by atoms with Crippen LogP contribution in [0.25, 0.3) is 6.08 Å². The number of anilines is 1. The maximum atomic E-state index is 12.7. The van der Waals surface area contributed by atoms with Gasteiger partial charge in [0, 0.05) is 5.69 Å². The number of aryl methyl sites for hydroxylation is 2. The number of carbonyl (C=O) groups is 3. The average Bonchev–Trinajstić information content (AvgIpc) is 2.94. The van der Waals surface area contributed by atoms with E-state index in [4.69, 9.17) is 4.74 Å². The monoisotopic (exact) mass is 438 g/mol. The van der Waals surface area contributed by atoms with Crippen molar-refractivity contribution in [3.63, 3.8) is 0 Å². The Morgan fingerprint density at radius 3 is 2.35 bits per heavy atom. The standard InChI is InChI=1S/C24H26N2O4S/c1-15(2)14-30-20-7-5-18(6-8-20)12-21-23(28)26(24(29)31-21)13-22(27)25-19-10-16(3)9-17(4)11-19/h5-12,15H,13-14H2,1-4H3,(H,25,27)/b21-12-. The highest BCUT2D eigenvalue weighted by atomic mass is 32.2. The summed E-state index contributed by atoms with van der Waals surface area (Å²) < 4.78 is 5.66. The van der Waals surface area contributed by atoms with Crippen LogP contribution in [0.1, 0.15) is 30.5 Å². The van der Waals surface area contributed by atoms with Gasteiger partial charge in [0.25, 0.3) is 11.1 Å². The van der Waals surface area contributed by atoms with E-state index in [0.717, 1.165) is 39.1 Å². The van der Waals surface area contributed by atoms with Crippen LogP contribution in [-0.4, -0.2) is 35.1 Å². The molecule has 7 heteroatoms. The molecule has 6 nitrogen and oxygen atoms in total. The number of ether oxygens (including phenoxy) is 1. The third-order valence-electron chi connectivity index (χ3n) is 4.44. The molecule has 162 valence electrons. The molecule has 1 saturated heterocycles. The number of nitrogens with one attached hydrogen (secondary N) is 1. The van der Waals surface area contributed by atoms with Crippen molar-refractivity contribution < 1.29 is 19.1 Å². The summed E-state index contributed by atoms with van der Waals surface area (Å²) in [6.45, 7) is 8.33. The fraction of sp³-hybridized carbons (Fsp3) is 0.292. The summed E-state index contributed by atoms with van der Waals surface area (Å²) in [6, 6.07) is 13.0. The number of rotatable bonds is 7. The predicted octanol–water partition coefficient (Wildman–Crippen LogP) is 5.01. The van der Waals surface area contributed by atoms with E-state index in [1.165, 1.54) is 0 Å². The molecule has 0 saturated carbocycles. The highest BCUT2D eigenvalue weighted by molar-refractivity contribution is 8.18. The Bertz CT molecular complexity index is 1010. The zero-order valence-electron chi connectivity index (χ0n) is 18.1. The summed E-state index contributed by atoms with van der Waals surface area (Å²) in [7, 11) is 0. The smallest absolute Gasteiger partial charge is 0.294 e. The number of hydrogen-bond acceptors (Lipinski definition) is 5. The van der Waals surface area contributed by atoms with Crippen LogP contribution in [0.2, 0.25) is 0 Å². The lowest BCUT2D eigenvalue weighted by Gasteiger charge is -2.13. The van der Waals surface area contributed by atoms with Crippen molar-refractivity contribution in [3.8, 4) is 5.75 Å². The van der Waals surface area contributed by atoms with Crippen LogP contribution in [0.5, 0.6) is 5.75 Å². The van der Waals surface area contributed by atoms with Gasteiger partial charge in [-0.3, -0.25) is 19.3 Å². The number of carbonyl (C=O) groups excluding carboxylic acids is 3. The molecule has 1 fully saturated rings. The van der Waals surface area contributed by atoms with E-state index >= 15 is 0 Å². The zero-order valence-corrected chi connectivity index (χ0v) is 18.9. The fourth-order valence-electron chi connectivity index (χ4n) is 3.10. The summed E-state index contributed by atoms with van der Waals surface area (Å²) in [5.41, 5.74) is 3.46. The fourth-order valence-corrected chi connectivity index (χ4v) is 3.94. The van der Waals surface area contributed by atoms with Gasteiger partial charge in [-0.05, 0) is 78.6 Å². The molecular formula is C24H26N2O4S. The molecule has 0 radical (unpaired) electrons. The van der Waals surface area contributed by atoms with Crippen LogP contribution in [0.15, 0.2) is 47.4 Å². The average molecular weight is 439 g/mol. The molecule has 1 N–H and O–H groups in total. The largest absolute Gasteiger partial charge is 0.493 e. The Morgan fingerprint density at radius 1 is 1.10 bits per heavy atom. The second-order valence-corrected chi connectivity index (χ2v) is 8.96. The first kappa shape index (κ1) is 22.6. The van der Waals surface area contributed by atoms with Crippen molar-refractivity contribution in [2.24, 2.45) is 5.92 Å². The van der Waals surface area contributed by atoms with Gasteiger partial charge < -0.3 is 10.1 Å². The molecule has 0 bridgehead atoms. The summed E-state index contributed by atoms with van der Waals surface area (Å²) in [5.74, 6) is 0.298. The van der Waals surface area contributed by atoms with Gasteiger partial charge in [0.05, 0.1) is 11.5 Å². The van der Waals surface area contributed by atoms with Crippen LogP contribution in [0.3, 0.4) is 0 Å². The molecule has 1 aliphatic heterocycles. The Kier molecular flexibility index (Phi) is 7.17. The van der Waals surface area contributed by atoms with Crippen molar-refractivity contribution in [2.75, 3.05) is 18.5 Å². The Balaban J connectivity index is 1.64. The first-order valence-corrected chi connectivity index (χ1v) is 10.9. The third-order valence-corrected chi connectivity index (χ3v) is 5.35. The number of thioether (sulfide) groups is 1. The molecule has 0 aliphatic carbocycles. The first-order valence-electron chi connectivity index (χ1n) is 10.1. The summed E-state index contributed by atoms with van der Waals surface area (Å²) in [5, 5.41) is 2.30. The first-order chi connectivity index (χ1) is 14.7. The molecule has 31 heavy (non-hydrogen) atoms. The van der Waals surface area contributed by atoms with Gasteiger partial charge in [-0.15, -0.1) is 0 Å². The maximum Gasteiger partial charge on any atom is 0.294 e. The highest BCUT2D eigenvalue weighted by Crippen LogP contribution is 2.32. The lowest BCUT2D eigenvalue weighted by atomic mass is 10.1. The van der Waals surface area contributed by atoms with Gasteiger partial charge in [-0.1, -0.05) is 32.0 Å². The van der Waals surface area contributed by atoms with E-state index in [2.05, 4.69) is 19.2 Å². The molecule has 1 heterocycles. The normalized spacial score (nSPS) is 15.1. The van der Waals surface area contributed by atoms with E-state index in [-0.39, 0.29) is 6.54 Å². The van der Waals surface area contributed by atoms with E-state index in [9.17, 15) is 14.4 Å². The molecule has 0 aromatic heterocycles. The van der Waals surface area contributed by atoms with Crippen molar-refractivity contribution in [1.29, 1.82) is 0 Å². The summed E-state index contributed by atoms with van der Waals surface area (Å²) in [4.78, 5) is 38.6. The van der Waals surface area contributed by atoms with Crippen molar-refractivity contribution in [3.05, 3.63) is 64.1 Å². The number of hydrogen-bond donors (Lipinski definition) is 1.